The highest BCUT2D eigenvalue weighted by Gasteiger charge is 2.59. The Hall–Kier alpha value is -1.30. The van der Waals surface area contributed by atoms with E-state index < -0.39 is 5.91 Å². The number of amides is 2. The highest BCUT2D eigenvalue weighted by atomic mass is 79.9. The SMILES string of the molecule is O=C(NNC(=O)C12CC3CC(CC(Br)(C3)C1)C2)c1ccco1. The van der Waals surface area contributed by atoms with E-state index in [1.165, 1.54) is 25.5 Å². The van der Waals surface area contributed by atoms with Gasteiger partial charge in [-0.1, -0.05) is 15.9 Å². The molecule has 118 valence electrons. The van der Waals surface area contributed by atoms with E-state index in [0.717, 1.165) is 19.3 Å². The summed E-state index contributed by atoms with van der Waals surface area (Å²) in [5, 5.41) is 0. The molecule has 4 saturated carbocycles. The first-order valence-corrected chi connectivity index (χ1v) is 8.61. The van der Waals surface area contributed by atoms with Crippen LogP contribution in [0.5, 0.6) is 0 Å². The molecule has 0 aromatic carbocycles. The number of halogens is 1. The standard InChI is InChI=1S/C16H19BrN2O3/c17-16-7-10-4-11(8-16)6-15(5-10,9-16)14(21)19-18-13(20)12-2-1-3-22-12/h1-3,10-11H,4-9H2,(H,18,20)(H,19,21). The van der Waals surface area contributed by atoms with Crippen molar-refractivity contribution in [2.45, 2.75) is 42.8 Å². The maximum Gasteiger partial charge on any atom is 0.305 e. The predicted molar refractivity (Wildman–Crippen MR) is 83.1 cm³/mol. The molecular weight excluding hydrogens is 348 g/mol. The Morgan fingerprint density at radius 1 is 1.18 bits per heavy atom. The van der Waals surface area contributed by atoms with Crippen molar-refractivity contribution in [1.29, 1.82) is 0 Å². The van der Waals surface area contributed by atoms with Crippen LogP contribution >= 0.6 is 15.9 Å². The first-order valence-electron chi connectivity index (χ1n) is 7.81. The summed E-state index contributed by atoms with van der Waals surface area (Å²) in [6, 6.07) is 3.21. The molecule has 2 atom stereocenters. The molecule has 2 N–H and O–H groups in total. The van der Waals surface area contributed by atoms with E-state index in [4.69, 9.17) is 4.42 Å². The van der Waals surface area contributed by atoms with Gasteiger partial charge in [0.15, 0.2) is 5.76 Å². The molecule has 2 unspecified atom stereocenters. The topological polar surface area (TPSA) is 71.3 Å². The zero-order valence-corrected chi connectivity index (χ0v) is 13.8. The van der Waals surface area contributed by atoms with Gasteiger partial charge in [0, 0.05) is 4.32 Å². The molecule has 4 aliphatic rings. The molecule has 5 nitrogen and oxygen atoms in total. The summed E-state index contributed by atoms with van der Waals surface area (Å²) >= 11 is 3.89. The van der Waals surface area contributed by atoms with E-state index in [0.29, 0.717) is 11.8 Å². The number of rotatable bonds is 2. The van der Waals surface area contributed by atoms with Crippen LogP contribution in [0.15, 0.2) is 22.8 Å². The fourth-order valence-electron chi connectivity index (χ4n) is 5.13. The van der Waals surface area contributed by atoms with Crippen LogP contribution in [0.3, 0.4) is 0 Å². The molecule has 4 fully saturated rings. The monoisotopic (exact) mass is 366 g/mol. The zero-order valence-electron chi connectivity index (χ0n) is 12.2. The van der Waals surface area contributed by atoms with Gasteiger partial charge in [0.1, 0.15) is 0 Å². The lowest BCUT2D eigenvalue weighted by atomic mass is 9.49. The van der Waals surface area contributed by atoms with Crippen LogP contribution in [-0.4, -0.2) is 16.1 Å². The number of carbonyl (C=O) groups is 2. The normalized spacial score (nSPS) is 38.8. The minimum absolute atomic E-state index is 0.0506. The number of nitrogens with one attached hydrogen (secondary N) is 2. The van der Waals surface area contributed by atoms with E-state index in [2.05, 4.69) is 26.8 Å². The molecule has 1 heterocycles. The quantitative estimate of drug-likeness (QED) is 0.624. The van der Waals surface area contributed by atoms with Gasteiger partial charge >= 0.3 is 5.91 Å². The van der Waals surface area contributed by atoms with Crippen LogP contribution in [0, 0.1) is 17.3 Å². The summed E-state index contributed by atoms with van der Waals surface area (Å²) in [5.41, 5.74) is 4.77. The largest absolute Gasteiger partial charge is 0.459 e. The second-order valence-electron chi connectivity index (χ2n) is 7.28. The average Bonchev–Trinajstić information content (AvgIpc) is 2.95. The lowest BCUT2D eigenvalue weighted by Gasteiger charge is -2.59. The summed E-state index contributed by atoms with van der Waals surface area (Å²) in [7, 11) is 0. The van der Waals surface area contributed by atoms with E-state index in [1.807, 2.05) is 0 Å². The van der Waals surface area contributed by atoms with Crippen molar-refractivity contribution >= 4 is 27.7 Å². The molecule has 5 rings (SSSR count). The Morgan fingerprint density at radius 2 is 1.91 bits per heavy atom. The highest BCUT2D eigenvalue weighted by molar-refractivity contribution is 9.10. The van der Waals surface area contributed by atoms with Crippen molar-refractivity contribution < 1.29 is 14.0 Å². The van der Waals surface area contributed by atoms with Gasteiger partial charge in [-0.3, -0.25) is 20.4 Å². The smallest absolute Gasteiger partial charge is 0.305 e. The Balaban J connectivity index is 1.45. The molecule has 0 radical (unpaired) electrons. The van der Waals surface area contributed by atoms with Crippen molar-refractivity contribution in [2.24, 2.45) is 17.3 Å². The Bertz CT molecular complexity index is 599. The van der Waals surface area contributed by atoms with E-state index >= 15 is 0 Å². The lowest BCUT2D eigenvalue weighted by Crippen LogP contribution is -2.60. The number of hydrogen-bond donors (Lipinski definition) is 2. The van der Waals surface area contributed by atoms with E-state index in [9.17, 15) is 9.59 Å². The molecule has 0 spiro atoms. The number of carbonyl (C=O) groups excluding carboxylic acids is 2. The number of furan rings is 1. The van der Waals surface area contributed by atoms with Crippen molar-refractivity contribution in [3.63, 3.8) is 0 Å². The summed E-state index contributed by atoms with van der Waals surface area (Å²) in [6.07, 6.45) is 7.80. The number of hydrazine groups is 1. The van der Waals surface area contributed by atoms with Gasteiger partial charge in [-0.25, -0.2) is 0 Å². The Labute approximate surface area is 137 Å². The Kier molecular flexibility index (Phi) is 3.15. The fourth-order valence-corrected chi connectivity index (χ4v) is 6.58. The molecule has 4 bridgehead atoms. The summed E-state index contributed by atoms with van der Waals surface area (Å²) in [4.78, 5) is 24.6. The highest BCUT2D eigenvalue weighted by Crippen LogP contribution is 2.64. The van der Waals surface area contributed by atoms with Gasteiger partial charge in [-0.05, 0) is 62.5 Å². The molecule has 4 aliphatic carbocycles. The van der Waals surface area contributed by atoms with Crippen LogP contribution in [0.4, 0.5) is 0 Å². The maximum absolute atomic E-state index is 12.7. The summed E-state index contributed by atoms with van der Waals surface area (Å²) in [6.45, 7) is 0. The van der Waals surface area contributed by atoms with Crippen LogP contribution in [0.1, 0.15) is 49.1 Å². The molecule has 22 heavy (non-hydrogen) atoms. The molecule has 0 saturated heterocycles. The molecule has 1 aromatic heterocycles. The number of hydrogen-bond acceptors (Lipinski definition) is 3. The predicted octanol–water partition coefficient (Wildman–Crippen LogP) is 2.77. The third-order valence-electron chi connectivity index (χ3n) is 5.51. The molecule has 6 heteroatoms. The average molecular weight is 367 g/mol. The summed E-state index contributed by atoms with van der Waals surface area (Å²) in [5.74, 6) is 0.990. The first-order chi connectivity index (χ1) is 10.5. The zero-order chi connectivity index (χ0) is 15.4. The van der Waals surface area contributed by atoms with Crippen LogP contribution in [0.2, 0.25) is 0 Å². The van der Waals surface area contributed by atoms with Crippen molar-refractivity contribution in [1.82, 2.24) is 10.9 Å². The van der Waals surface area contributed by atoms with Crippen molar-refractivity contribution in [3.8, 4) is 0 Å². The van der Waals surface area contributed by atoms with Crippen LogP contribution in [0.25, 0.3) is 0 Å². The molecule has 1 aromatic rings. The van der Waals surface area contributed by atoms with Crippen LogP contribution in [-0.2, 0) is 4.79 Å². The van der Waals surface area contributed by atoms with Crippen molar-refractivity contribution in [2.75, 3.05) is 0 Å². The summed E-state index contributed by atoms with van der Waals surface area (Å²) < 4.78 is 5.15. The van der Waals surface area contributed by atoms with Crippen molar-refractivity contribution in [3.05, 3.63) is 24.2 Å². The third kappa shape index (κ3) is 2.28. The van der Waals surface area contributed by atoms with Gasteiger partial charge in [-0.15, -0.1) is 0 Å². The maximum atomic E-state index is 12.7. The molecular formula is C16H19BrN2O3. The van der Waals surface area contributed by atoms with Gasteiger partial charge in [0.05, 0.1) is 11.7 Å². The van der Waals surface area contributed by atoms with E-state index in [-0.39, 0.29) is 21.4 Å². The fraction of sp³-hybridized carbons (Fsp3) is 0.625. The minimum Gasteiger partial charge on any atom is -0.459 e. The van der Waals surface area contributed by atoms with Gasteiger partial charge in [0.2, 0.25) is 5.91 Å². The number of alkyl halides is 1. The first kappa shape index (κ1) is 14.3. The molecule has 2 amide bonds. The lowest BCUT2D eigenvalue weighted by molar-refractivity contribution is -0.144. The third-order valence-corrected chi connectivity index (χ3v) is 6.43. The van der Waals surface area contributed by atoms with Gasteiger partial charge < -0.3 is 4.42 Å². The molecule has 0 aliphatic heterocycles. The van der Waals surface area contributed by atoms with Gasteiger partial charge in [-0.2, -0.15) is 0 Å². The second kappa shape index (κ2) is 4.85. The minimum atomic E-state index is -0.420. The Morgan fingerprint density at radius 3 is 2.50 bits per heavy atom. The second-order valence-corrected chi connectivity index (χ2v) is 8.96. The van der Waals surface area contributed by atoms with E-state index in [1.54, 1.807) is 12.1 Å². The van der Waals surface area contributed by atoms with Crippen LogP contribution < -0.4 is 10.9 Å². The van der Waals surface area contributed by atoms with Gasteiger partial charge in [0.25, 0.3) is 0 Å².